The molecule has 2 atom stereocenters. The van der Waals surface area contributed by atoms with Crippen molar-refractivity contribution in [2.45, 2.75) is 31.8 Å². The lowest BCUT2D eigenvalue weighted by molar-refractivity contribution is -0.141. The Morgan fingerprint density at radius 3 is 2.03 bits per heavy atom. The van der Waals surface area contributed by atoms with Crippen molar-refractivity contribution in [1.29, 1.82) is 0 Å². The van der Waals surface area contributed by atoms with Crippen molar-refractivity contribution >= 4 is 17.8 Å². The second-order valence-electron chi connectivity index (χ2n) is 8.04. The van der Waals surface area contributed by atoms with Crippen LogP contribution < -0.4 is 10.6 Å². The number of aromatic hydroxyl groups is 2. The molecule has 2 amide bonds. The lowest BCUT2D eigenvalue weighted by Crippen LogP contribution is -2.49. The lowest BCUT2D eigenvalue weighted by atomic mass is 10.0. The van der Waals surface area contributed by atoms with Gasteiger partial charge in [-0.1, -0.05) is 42.5 Å². The Labute approximate surface area is 203 Å². The number of hydrogen-bond acceptors (Lipinski definition) is 6. The topological polar surface area (TPSA) is 125 Å². The molecule has 0 aliphatic heterocycles. The van der Waals surface area contributed by atoms with Gasteiger partial charge in [-0.15, -0.1) is 0 Å². The van der Waals surface area contributed by atoms with E-state index in [1.54, 1.807) is 54.6 Å². The lowest BCUT2D eigenvalue weighted by Gasteiger charge is -2.24. The van der Waals surface area contributed by atoms with Crippen LogP contribution in [0.2, 0.25) is 0 Å². The van der Waals surface area contributed by atoms with Crippen LogP contribution in [-0.4, -0.2) is 40.6 Å². The van der Waals surface area contributed by atoms with E-state index in [-0.39, 0.29) is 24.5 Å². The summed E-state index contributed by atoms with van der Waals surface area (Å²) in [5.41, 5.74) is 1.87. The van der Waals surface area contributed by atoms with Crippen molar-refractivity contribution in [1.82, 2.24) is 10.6 Å². The number of esters is 1. The Bertz CT molecular complexity index is 1130. The number of ether oxygens (including phenoxy) is 1. The van der Waals surface area contributed by atoms with Gasteiger partial charge >= 0.3 is 5.97 Å². The molecular weight excluding hydrogens is 448 g/mol. The molecule has 2 unspecified atom stereocenters. The molecule has 0 aromatic heterocycles. The fourth-order valence-electron chi connectivity index (χ4n) is 3.53. The van der Waals surface area contributed by atoms with Gasteiger partial charge < -0.3 is 25.6 Å². The molecule has 0 aliphatic carbocycles. The van der Waals surface area contributed by atoms with Crippen LogP contribution in [0.3, 0.4) is 0 Å². The number of phenols is 2. The first-order valence-corrected chi connectivity index (χ1v) is 11.2. The Kier molecular flexibility index (Phi) is 8.83. The maximum atomic E-state index is 13.4. The van der Waals surface area contributed by atoms with E-state index in [0.29, 0.717) is 17.5 Å². The maximum Gasteiger partial charge on any atom is 0.302 e. The third-order valence-electron chi connectivity index (χ3n) is 5.36. The third kappa shape index (κ3) is 7.89. The number of phenolic OH excluding ortho intramolecular Hbond substituents is 2. The van der Waals surface area contributed by atoms with Crippen LogP contribution in [-0.2, 0) is 20.7 Å². The van der Waals surface area contributed by atoms with Crippen LogP contribution in [0.25, 0.3) is 0 Å². The molecular formula is C27H28N2O6. The molecule has 3 aromatic rings. The second kappa shape index (κ2) is 12.2. The molecule has 0 aliphatic rings. The molecule has 0 saturated heterocycles. The SMILES string of the molecule is CC(=O)OCCC(NC(=O)C(Cc1ccc(O)cc1)NC(=O)c1ccccc1)c1ccc(O)cc1. The standard InChI is InChI=1S/C27H28N2O6/c1-18(30)35-16-15-24(20-9-13-23(32)14-10-20)28-27(34)25(17-19-7-11-22(31)12-8-19)29-26(33)21-5-3-2-4-6-21/h2-14,24-25,31-32H,15-17H2,1H3,(H,28,34)(H,29,33). The molecule has 0 radical (unpaired) electrons. The number of nitrogens with one attached hydrogen (secondary N) is 2. The number of carbonyl (C=O) groups is 3. The van der Waals surface area contributed by atoms with Gasteiger partial charge in [0.05, 0.1) is 12.6 Å². The fourth-order valence-corrected chi connectivity index (χ4v) is 3.53. The van der Waals surface area contributed by atoms with E-state index in [4.69, 9.17) is 4.74 Å². The maximum absolute atomic E-state index is 13.4. The molecule has 35 heavy (non-hydrogen) atoms. The summed E-state index contributed by atoms with van der Waals surface area (Å²) < 4.78 is 5.06. The average Bonchev–Trinajstić information content (AvgIpc) is 2.85. The summed E-state index contributed by atoms with van der Waals surface area (Å²) in [7, 11) is 0. The van der Waals surface area contributed by atoms with Gasteiger partial charge in [0.1, 0.15) is 17.5 Å². The predicted octanol–water partition coefficient (Wildman–Crippen LogP) is 3.25. The van der Waals surface area contributed by atoms with Crippen molar-refractivity contribution < 1.29 is 29.3 Å². The molecule has 0 bridgehead atoms. The molecule has 4 N–H and O–H groups in total. The molecule has 0 saturated carbocycles. The Balaban J connectivity index is 1.81. The summed E-state index contributed by atoms with van der Waals surface area (Å²) in [6, 6.07) is 19.9. The predicted molar refractivity (Wildman–Crippen MR) is 130 cm³/mol. The summed E-state index contributed by atoms with van der Waals surface area (Å²) >= 11 is 0. The minimum absolute atomic E-state index is 0.0825. The molecule has 8 heteroatoms. The zero-order valence-electron chi connectivity index (χ0n) is 19.3. The number of amides is 2. The van der Waals surface area contributed by atoms with Crippen molar-refractivity contribution in [3.05, 3.63) is 95.6 Å². The van der Waals surface area contributed by atoms with E-state index in [0.717, 1.165) is 5.56 Å². The fraction of sp³-hybridized carbons (Fsp3) is 0.222. The summed E-state index contributed by atoms with van der Waals surface area (Å²) in [6.45, 7) is 1.39. The molecule has 182 valence electrons. The third-order valence-corrected chi connectivity index (χ3v) is 5.36. The van der Waals surface area contributed by atoms with Crippen LogP contribution in [0.4, 0.5) is 0 Å². The van der Waals surface area contributed by atoms with Gasteiger partial charge in [0.25, 0.3) is 5.91 Å². The van der Waals surface area contributed by atoms with Crippen molar-refractivity contribution in [3.8, 4) is 11.5 Å². The minimum Gasteiger partial charge on any atom is -0.508 e. The summed E-state index contributed by atoms with van der Waals surface area (Å²) in [6.07, 6.45) is 0.492. The number of benzene rings is 3. The van der Waals surface area contributed by atoms with E-state index in [1.807, 2.05) is 0 Å². The van der Waals surface area contributed by atoms with Gasteiger partial charge in [-0.25, -0.2) is 0 Å². The van der Waals surface area contributed by atoms with Crippen LogP contribution >= 0.6 is 0 Å². The van der Waals surface area contributed by atoms with Crippen molar-refractivity contribution in [3.63, 3.8) is 0 Å². The Hall–Kier alpha value is -4.33. The molecule has 0 heterocycles. The minimum atomic E-state index is -0.916. The normalized spacial score (nSPS) is 12.3. The Morgan fingerprint density at radius 2 is 1.43 bits per heavy atom. The summed E-state index contributed by atoms with van der Waals surface area (Å²) in [4.78, 5) is 37.4. The van der Waals surface area contributed by atoms with E-state index in [9.17, 15) is 24.6 Å². The summed E-state index contributed by atoms with van der Waals surface area (Å²) in [5, 5.41) is 24.9. The Morgan fingerprint density at radius 1 is 0.829 bits per heavy atom. The van der Waals surface area contributed by atoms with Crippen LogP contribution in [0.1, 0.15) is 40.9 Å². The second-order valence-corrected chi connectivity index (χ2v) is 8.04. The van der Waals surface area contributed by atoms with Gasteiger partial charge in [0.15, 0.2) is 0 Å². The van der Waals surface area contributed by atoms with E-state index in [2.05, 4.69) is 10.6 Å². The first-order chi connectivity index (χ1) is 16.8. The molecule has 0 fully saturated rings. The van der Waals surface area contributed by atoms with Crippen LogP contribution in [0.15, 0.2) is 78.9 Å². The molecule has 8 nitrogen and oxygen atoms in total. The van der Waals surface area contributed by atoms with E-state index < -0.39 is 29.9 Å². The zero-order chi connectivity index (χ0) is 25.2. The van der Waals surface area contributed by atoms with Crippen LogP contribution in [0.5, 0.6) is 11.5 Å². The van der Waals surface area contributed by atoms with Gasteiger partial charge in [-0.2, -0.15) is 0 Å². The highest BCUT2D eigenvalue weighted by molar-refractivity contribution is 5.97. The van der Waals surface area contributed by atoms with Gasteiger partial charge in [-0.05, 0) is 47.5 Å². The number of hydrogen-bond donors (Lipinski definition) is 4. The highest BCUT2D eigenvalue weighted by Crippen LogP contribution is 2.21. The van der Waals surface area contributed by atoms with Gasteiger partial charge in [-0.3, -0.25) is 14.4 Å². The van der Waals surface area contributed by atoms with Gasteiger partial charge in [0, 0.05) is 25.3 Å². The molecule has 3 aromatic carbocycles. The van der Waals surface area contributed by atoms with Crippen molar-refractivity contribution in [2.24, 2.45) is 0 Å². The first kappa shape index (κ1) is 25.3. The quantitative estimate of drug-likeness (QED) is 0.333. The average molecular weight is 477 g/mol. The number of carbonyl (C=O) groups excluding carboxylic acids is 3. The first-order valence-electron chi connectivity index (χ1n) is 11.2. The van der Waals surface area contributed by atoms with E-state index >= 15 is 0 Å². The summed E-state index contributed by atoms with van der Waals surface area (Å²) in [5.74, 6) is -1.07. The van der Waals surface area contributed by atoms with Crippen LogP contribution in [0, 0.1) is 0 Å². The smallest absolute Gasteiger partial charge is 0.302 e. The molecule has 0 spiro atoms. The highest BCUT2D eigenvalue weighted by Gasteiger charge is 2.25. The van der Waals surface area contributed by atoms with E-state index in [1.165, 1.54) is 31.2 Å². The van der Waals surface area contributed by atoms with Crippen molar-refractivity contribution in [2.75, 3.05) is 6.61 Å². The van der Waals surface area contributed by atoms with Gasteiger partial charge in [0.2, 0.25) is 5.91 Å². The largest absolute Gasteiger partial charge is 0.508 e. The molecule has 3 rings (SSSR count). The zero-order valence-corrected chi connectivity index (χ0v) is 19.3. The monoisotopic (exact) mass is 476 g/mol. The number of rotatable bonds is 10. The highest BCUT2D eigenvalue weighted by atomic mass is 16.5.